The summed E-state index contributed by atoms with van der Waals surface area (Å²) in [5.74, 6) is -0.887. The van der Waals surface area contributed by atoms with E-state index >= 15 is 0 Å². The van der Waals surface area contributed by atoms with Crippen molar-refractivity contribution < 1.29 is 15.0 Å². The molecule has 5 aromatic rings. The highest BCUT2D eigenvalue weighted by atomic mass is 16.4. The van der Waals surface area contributed by atoms with Crippen LogP contribution in [-0.4, -0.2) is 16.2 Å². The Labute approximate surface area is 185 Å². The summed E-state index contributed by atoms with van der Waals surface area (Å²) in [5, 5.41) is 23.4. The first-order valence-electron chi connectivity index (χ1n) is 10.3. The lowest BCUT2D eigenvalue weighted by molar-refractivity contribution is 0.0697. The summed E-state index contributed by atoms with van der Waals surface area (Å²) in [6.45, 7) is 3.61. The number of aliphatic hydroxyl groups is 1. The van der Waals surface area contributed by atoms with Crippen LogP contribution in [0, 0.1) is 0 Å². The van der Waals surface area contributed by atoms with E-state index in [2.05, 4.69) is 30.8 Å². The summed E-state index contributed by atoms with van der Waals surface area (Å²) < 4.78 is 0. The van der Waals surface area contributed by atoms with Gasteiger partial charge >= 0.3 is 5.97 Å². The van der Waals surface area contributed by atoms with Gasteiger partial charge in [-0.15, -0.1) is 0 Å². The molecule has 0 aromatic heterocycles. The van der Waals surface area contributed by atoms with Gasteiger partial charge in [0.25, 0.3) is 0 Å². The van der Waals surface area contributed by atoms with Gasteiger partial charge < -0.3 is 10.2 Å². The number of hydrogen-bond donors (Lipinski definition) is 2. The zero-order chi connectivity index (χ0) is 22.2. The van der Waals surface area contributed by atoms with Crippen molar-refractivity contribution in [2.45, 2.75) is 0 Å². The van der Waals surface area contributed by atoms with Crippen LogP contribution in [0.2, 0.25) is 0 Å². The van der Waals surface area contributed by atoms with Gasteiger partial charge in [-0.3, -0.25) is 0 Å². The third-order valence-electron chi connectivity index (χ3n) is 5.86. The quantitative estimate of drug-likeness (QED) is 0.235. The van der Waals surface area contributed by atoms with E-state index in [1.54, 1.807) is 12.1 Å². The minimum Gasteiger partial charge on any atom is -0.508 e. The molecule has 0 aliphatic rings. The van der Waals surface area contributed by atoms with Crippen LogP contribution in [0.4, 0.5) is 0 Å². The van der Waals surface area contributed by atoms with Gasteiger partial charge in [-0.2, -0.15) is 0 Å². The fourth-order valence-corrected chi connectivity index (χ4v) is 4.36. The average molecular weight is 416 g/mol. The molecule has 0 bridgehead atoms. The second-order valence-electron chi connectivity index (χ2n) is 7.75. The van der Waals surface area contributed by atoms with Crippen LogP contribution in [0.25, 0.3) is 49.6 Å². The fraction of sp³-hybridized carbons (Fsp3) is 0. The zero-order valence-corrected chi connectivity index (χ0v) is 17.2. The standard InChI is InChI=1S/C29H20O3/c1-18(30)19-10-12-20(13-11-19)27-23-6-2-4-8-25(23)28(26-9-5-3-7-24(26)27)21-14-16-22(17-15-21)29(31)32/h2-17,30H,1H2,(H,31,32). The molecule has 0 aliphatic carbocycles. The van der Waals surface area contributed by atoms with Crippen LogP contribution >= 0.6 is 0 Å². The number of aliphatic hydroxyl groups excluding tert-OH is 1. The number of benzene rings is 5. The lowest BCUT2D eigenvalue weighted by Gasteiger charge is -2.18. The number of carboxylic acid groups (broad SMARTS) is 1. The second-order valence-corrected chi connectivity index (χ2v) is 7.75. The third kappa shape index (κ3) is 3.21. The Morgan fingerprint density at radius 1 is 0.531 bits per heavy atom. The molecule has 154 valence electrons. The Hall–Kier alpha value is -4.37. The largest absolute Gasteiger partial charge is 0.508 e. The summed E-state index contributed by atoms with van der Waals surface area (Å²) >= 11 is 0. The van der Waals surface area contributed by atoms with E-state index in [-0.39, 0.29) is 11.3 Å². The smallest absolute Gasteiger partial charge is 0.335 e. The molecule has 32 heavy (non-hydrogen) atoms. The van der Waals surface area contributed by atoms with Crippen LogP contribution in [-0.2, 0) is 0 Å². The van der Waals surface area contributed by atoms with Crippen molar-refractivity contribution in [1.82, 2.24) is 0 Å². The minimum absolute atomic E-state index is 0.0476. The Morgan fingerprint density at radius 2 is 0.875 bits per heavy atom. The van der Waals surface area contributed by atoms with Gasteiger partial charge in [-0.25, -0.2) is 4.79 Å². The van der Waals surface area contributed by atoms with Gasteiger partial charge in [0, 0.05) is 5.56 Å². The monoisotopic (exact) mass is 416 g/mol. The summed E-state index contributed by atoms with van der Waals surface area (Å²) in [6.07, 6.45) is 0. The maximum absolute atomic E-state index is 11.3. The van der Waals surface area contributed by atoms with E-state index < -0.39 is 5.97 Å². The molecule has 0 radical (unpaired) electrons. The number of hydrogen-bond acceptors (Lipinski definition) is 2. The Kier molecular flexibility index (Phi) is 4.72. The summed E-state index contributed by atoms with van der Waals surface area (Å²) in [6, 6.07) is 31.4. The van der Waals surface area contributed by atoms with E-state index in [0.717, 1.165) is 43.8 Å². The lowest BCUT2D eigenvalue weighted by Crippen LogP contribution is -1.95. The van der Waals surface area contributed by atoms with Gasteiger partial charge in [0.15, 0.2) is 0 Å². The van der Waals surface area contributed by atoms with Crippen LogP contribution in [0.1, 0.15) is 15.9 Å². The van der Waals surface area contributed by atoms with Crippen LogP contribution in [0.5, 0.6) is 0 Å². The molecule has 0 saturated carbocycles. The number of aromatic carboxylic acids is 1. The number of fused-ring (bicyclic) bond motifs is 2. The van der Waals surface area contributed by atoms with Crippen molar-refractivity contribution in [2.24, 2.45) is 0 Å². The van der Waals surface area contributed by atoms with E-state index in [1.165, 1.54) is 0 Å². The molecule has 5 aromatic carbocycles. The number of rotatable bonds is 4. The van der Waals surface area contributed by atoms with Crippen LogP contribution in [0.15, 0.2) is 104 Å². The molecule has 0 aliphatic heterocycles. The van der Waals surface area contributed by atoms with E-state index in [0.29, 0.717) is 5.56 Å². The third-order valence-corrected chi connectivity index (χ3v) is 5.86. The molecule has 0 saturated heterocycles. The summed E-state index contributed by atoms with van der Waals surface area (Å²) in [7, 11) is 0. The predicted molar refractivity (Wildman–Crippen MR) is 131 cm³/mol. The van der Waals surface area contributed by atoms with Gasteiger partial charge in [0.1, 0.15) is 5.76 Å². The molecular weight excluding hydrogens is 396 g/mol. The van der Waals surface area contributed by atoms with Crippen molar-refractivity contribution in [3.05, 3.63) is 115 Å². The first-order valence-corrected chi connectivity index (χ1v) is 10.3. The topological polar surface area (TPSA) is 57.5 Å². The molecule has 0 heterocycles. The zero-order valence-electron chi connectivity index (χ0n) is 17.2. The highest BCUT2D eigenvalue weighted by molar-refractivity contribution is 6.21. The maximum Gasteiger partial charge on any atom is 0.335 e. The van der Waals surface area contributed by atoms with Gasteiger partial charge in [-0.05, 0) is 55.9 Å². The molecule has 0 unspecified atom stereocenters. The Balaban J connectivity index is 1.85. The van der Waals surface area contributed by atoms with Gasteiger partial charge in [0.05, 0.1) is 5.56 Å². The number of carbonyl (C=O) groups is 1. The van der Waals surface area contributed by atoms with Crippen molar-refractivity contribution in [1.29, 1.82) is 0 Å². The second kappa shape index (κ2) is 7.71. The molecule has 2 N–H and O–H groups in total. The minimum atomic E-state index is -0.935. The summed E-state index contributed by atoms with van der Waals surface area (Å²) in [5.41, 5.74) is 5.19. The first-order chi connectivity index (χ1) is 15.5. The van der Waals surface area contributed by atoms with Crippen molar-refractivity contribution in [3.8, 4) is 22.3 Å². The average Bonchev–Trinajstić information content (AvgIpc) is 2.82. The normalized spacial score (nSPS) is 11.0. The SMILES string of the molecule is C=C(O)c1ccc(-c2c3ccccc3c(-c3ccc(C(=O)O)cc3)c3ccccc23)cc1. The molecule has 3 nitrogen and oxygen atoms in total. The lowest BCUT2D eigenvalue weighted by atomic mass is 9.85. The molecule has 5 rings (SSSR count). The molecule has 0 fully saturated rings. The highest BCUT2D eigenvalue weighted by Gasteiger charge is 2.16. The van der Waals surface area contributed by atoms with E-state index in [4.69, 9.17) is 0 Å². The van der Waals surface area contributed by atoms with Gasteiger partial charge in [0.2, 0.25) is 0 Å². The molecule has 0 spiro atoms. The van der Waals surface area contributed by atoms with Crippen molar-refractivity contribution in [2.75, 3.05) is 0 Å². The molecular formula is C29H20O3. The van der Waals surface area contributed by atoms with Gasteiger partial charge in [-0.1, -0.05) is 91.5 Å². The summed E-state index contributed by atoms with van der Waals surface area (Å²) in [4.78, 5) is 11.3. The molecule has 3 heteroatoms. The predicted octanol–water partition coefficient (Wildman–Crippen LogP) is 7.55. The van der Waals surface area contributed by atoms with Crippen LogP contribution in [0.3, 0.4) is 0 Å². The Morgan fingerprint density at radius 3 is 1.19 bits per heavy atom. The number of carboxylic acids is 1. The van der Waals surface area contributed by atoms with Crippen LogP contribution < -0.4 is 0 Å². The maximum atomic E-state index is 11.3. The highest BCUT2D eigenvalue weighted by Crippen LogP contribution is 2.43. The molecule has 0 amide bonds. The van der Waals surface area contributed by atoms with E-state index in [1.807, 2.05) is 60.7 Å². The Bertz CT molecular complexity index is 1320. The van der Waals surface area contributed by atoms with Crippen molar-refractivity contribution >= 4 is 33.3 Å². The molecule has 0 atom stereocenters. The fourth-order valence-electron chi connectivity index (χ4n) is 4.36. The van der Waals surface area contributed by atoms with Crippen molar-refractivity contribution in [3.63, 3.8) is 0 Å². The first kappa shape index (κ1) is 19.6. The van der Waals surface area contributed by atoms with E-state index in [9.17, 15) is 15.0 Å².